The second kappa shape index (κ2) is 10.2. The highest BCUT2D eigenvalue weighted by Crippen LogP contribution is 2.22. The molecule has 0 amide bonds. The minimum atomic E-state index is -0.954. The van der Waals surface area contributed by atoms with E-state index in [2.05, 4.69) is 0 Å². The van der Waals surface area contributed by atoms with E-state index in [0.29, 0.717) is 5.75 Å². The summed E-state index contributed by atoms with van der Waals surface area (Å²) < 4.78 is 4.79. The summed E-state index contributed by atoms with van der Waals surface area (Å²) in [4.78, 5) is 0. The zero-order valence-electron chi connectivity index (χ0n) is 9.00. The van der Waals surface area contributed by atoms with E-state index in [9.17, 15) is 0 Å². The molecule has 0 atom stereocenters. The van der Waals surface area contributed by atoms with Crippen LogP contribution in [-0.4, -0.2) is 52.3 Å². The van der Waals surface area contributed by atoms with Crippen molar-refractivity contribution in [3.05, 3.63) is 24.3 Å². The van der Waals surface area contributed by atoms with Crippen molar-refractivity contribution >= 4 is 0 Å². The highest BCUT2D eigenvalue weighted by atomic mass is 16.5. The van der Waals surface area contributed by atoms with Gasteiger partial charge in [-0.2, -0.15) is 0 Å². The smallest absolute Gasteiger partial charge is 0.160 e. The number of phenols is 1. The first-order chi connectivity index (χ1) is 7.15. The molecule has 0 spiro atoms. The van der Waals surface area contributed by atoms with Crippen molar-refractivity contribution in [1.82, 2.24) is 0 Å². The van der Waals surface area contributed by atoms with Gasteiger partial charge in [-0.25, -0.2) is 0 Å². The van der Waals surface area contributed by atoms with Gasteiger partial charge in [-0.05, 0) is 12.1 Å². The third-order valence-corrected chi connectivity index (χ3v) is 1.51. The van der Waals surface area contributed by atoms with E-state index in [1.54, 1.807) is 24.3 Å². The van der Waals surface area contributed by atoms with Gasteiger partial charge in [0.05, 0.1) is 20.3 Å². The van der Waals surface area contributed by atoms with E-state index < -0.39 is 6.10 Å². The van der Waals surface area contributed by atoms with Gasteiger partial charge < -0.3 is 30.6 Å². The molecule has 0 aromatic heterocycles. The highest BCUT2D eigenvalue weighted by molar-refractivity contribution is 5.37. The number of phenolic OH excluding ortho intramolecular Hbond substituents is 1. The van der Waals surface area contributed by atoms with Gasteiger partial charge >= 0.3 is 0 Å². The molecule has 6 nitrogen and oxygen atoms in total. The summed E-state index contributed by atoms with van der Waals surface area (Å²) in [5.74, 6) is 0.692. The first kappa shape index (κ1) is 17.1. The van der Waals surface area contributed by atoms with Crippen LogP contribution in [0, 0.1) is 0 Å². The quantitative estimate of drug-likeness (QED) is 0.529. The summed E-state index contributed by atoms with van der Waals surface area (Å²) in [6, 6.07) is 6.84. The molecule has 16 heavy (non-hydrogen) atoms. The van der Waals surface area contributed by atoms with Crippen molar-refractivity contribution in [3.8, 4) is 11.5 Å². The van der Waals surface area contributed by atoms with Gasteiger partial charge in [-0.15, -0.1) is 0 Å². The largest absolute Gasteiger partial charge is 0.504 e. The van der Waals surface area contributed by atoms with E-state index in [0.717, 1.165) is 0 Å². The minimum absolute atomic E-state index is 0. The fourth-order valence-electron chi connectivity index (χ4n) is 0.688. The van der Waals surface area contributed by atoms with Crippen LogP contribution < -0.4 is 4.74 Å². The van der Waals surface area contributed by atoms with Crippen molar-refractivity contribution in [1.29, 1.82) is 0 Å². The number of aliphatic hydroxyl groups is 3. The SMILES string of the molecule is COc1ccccc1O.O.OCC(O)CO. The molecule has 0 radical (unpaired) electrons. The average Bonchev–Trinajstić information content (AvgIpc) is 2.29. The van der Waals surface area contributed by atoms with Crippen LogP contribution in [0.2, 0.25) is 0 Å². The van der Waals surface area contributed by atoms with Crippen LogP contribution >= 0.6 is 0 Å². The van der Waals surface area contributed by atoms with E-state index in [1.165, 1.54) is 7.11 Å². The van der Waals surface area contributed by atoms with Crippen LogP contribution in [0.1, 0.15) is 0 Å². The Balaban J connectivity index is 0. The van der Waals surface area contributed by atoms with Gasteiger partial charge in [0, 0.05) is 0 Å². The summed E-state index contributed by atoms with van der Waals surface area (Å²) in [6.07, 6.45) is -0.954. The lowest BCUT2D eigenvalue weighted by atomic mass is 10.3. The van der Waals surface area contributed by atoms with E-state index in [4.69, 9.17) is 25.2 Å². The molecule has 0 fully saturated rings. The van der Waals surface area contributed by atoms with E-state index >= 15 is 0 Å². The predicted octanol–water partition coefficient (Wildman–Crippen LogP) is -1.09. The third kappa shape index (κ3) is 7.02. The molecule has 1 aromatic carbocycles. The lowest BCUT2D eigenvalue weighted by molar-refractivity contribution is 0.0450. The van der Waals surface area contributed by atoms with Crippen LogP contribution in [0.4, 0.5) is 0 Å². The molecule has 0 unspecified atom stereocenters. The molecule has 0 saturated carbocycles. The van der Waals surface area contributed by atoms with E-state index in [-0.39, 0.29) is 24.4 Å². The number of benzene rings is 1. The Labute approximate surface area is 93.7 Å². The molecule has 0 aliphatic carbocycles. The molecular formula is C10H18O6. The van der Waals surface area contributed by atoms with Crippen molar-refractivity contribution in [3.63, 3.8) is 0 Å². The number of para-hydroxylation sites is 2. The molecule has 0 saturated heterocycles. The van der Waals surface area contributed by atoms with Crippen molar-refractivity contribution in [2.45, 2.75) is 6.10 Å². The molecule has 1 rings (SSSR count). The van der Waals surface area contributed by atoms with E-state index in [1.807, 2.05) is 0 Å². The molecule has 0 bridgehead atoms. The number of hydrogen-bond donors (Lipinski definition) is 4. The predicted molar refractivity (Wildman–Crippen MR) is 58.5 cm³/mol. The Morgan fingerprint density at radius 3 is 1.94 bits per heavy atom. The van der Waals surface area contributed by atoms with Gasteiger partial charge in [0.1, 0.15) is 6.10 Å². The number of methoxy groups -OCH3 is 1. The Kier molecular flexibility index (Phi) is 10.9. The number of aliphatic hydroxyl groups excluding tert-OH is 3. The lowest BCUT2D eigenvalue weighted by Gasteiger charge is -1.99. The summed E-state index contributed by atoms with van der Waals surface area (Å²) >= 11 is 0. The molecule has 0 aliphatic heterocycles. The van der Waals surface area contributed by atoms with Gasteiger partial charge in [-0.1, -0.05) is 12.1 Å². The molecule has 0 heterocycles. The first-order valence-electron chi connectivity index (χ1n) is 4.37. The van der Waals surface area contributed by atoms with Gasteiger partial charge in [0.2, 0.25) is 0 Å². The van der Waals surface area contributed by atoms with Gasteiger partial charge in [0.25, 0.3) is 0 Å². The topological polar surface area (TPSA) is 122 Å². The number of hydrogen-bond acceptors (Lipinski definition) is 5. The number of aromatic hydroxyl groups is 1. The number of rotatable bonds is 3. The average molecular weight is 234 g/mol. The highest BCUT2D eigenvalue weighted by Gasteiger charge is 1.94. The maximum Gasteiger partial charge on any atom is 0.160 e. The molecular weight excluding hydrogens is 216 g/mol. The van der Waals surface area contributed by atoms with Crippen LogP contribution in [-0.2, 0) is 0 Å². The Bertz CT molecular complexity index is 261. The molecule has 6 heteroatoms. The van der Waals surface area contributed by atoms with Crippen LogP contribution in [0.25, 0.3) is 0 Å². The van der Waals surface area contributed by atoms with Crippen molar-refractivity contribution in [2.75, 3.05) is 20.3 Å². The fourth-order valence-corrected chi connectivity index (χ4v) is 0.688. The summed E-state index contributed by atoms with van der Waals surface area (Å²) in [5, 5.41) is 33.0. The van der Waals surface area contributed by atoms with Crippen molar-refractivity contribution < 1.29 is 30.6 Å². The normalized spacial score (nSPS) is 8.81. The standard InChI is InChI=1S/C7H8O2.C3H8O3.H2O/c1-9-7-5-3-2-4-6(7)8;4-1-3(6)2-5;/h2-5,8H,1H3;3-6H,1-2H2;1H2. The second-order valence-electron chi connectivity index (χ2n) is 2.69. The van der Waals surface area contributed by atoms with Crippen LogP contribution in [0.5, 0.6) is 11.5 Å². The summed E-state index contributed by atoms with van der Waals surface area (Å²) in [5.41, 5.74) is 0. The van der Waals surface area contributed by atoms with Crippen LogP contribution in [0.3, 0.4) is 0 Å². The lowest BCUT2D eigenvalue weighted by Crippen LogP contribution is -2.15. The molecule has 1 aromatic rings. The molecule has 94 valence electrons. The first-order valence-corrected chi connectivity index (χ1v) is 4.37. The molecule has 6 N–H and O–H groups in total. The second-order valence-corrected chi connectivity index (χ2v) is 2.69. The fraction of sp³-hybridized carbons (Fsp3) is 0.400. The molecule has 0 aliphatic rings. The number of ether oxygens (including phenoxy) is 1. The summed E-state index contributed by atoms with van der Waals surface area (Å²) in [6.45, 7) is -0.729. The zero-order valence-corrected chi connectivity index (χ0v) is 9.00. The summed E-state index contributed by atoms with van der Waals surface area (Å²) in [7, 11) is 1.52. The minimum Gasteiger partial charge on any atom is -0.504 e. The van der Waals surface area contributed by atoms with Crippen molar-refractivity contribution in [2.24, 2.45) is 0 Å². The maximum absolute atomic E-state index is 8.99. The van der Waals surface area contributed by atoms with Crippen LogP contribution in [0.15, 0.2) is 24.3 Å². The zero-order chi connectivity index (χ0) is 11.7. The monoisotopic (exact) mass is 234 g/mol. The maximum atomic E-state index is 8.99. The Morgan fingerprint density at radius 2 is 1.69 bits per heavy atom. The Morgan fingerprint density at radius 1 is 1.19 bits per heavy atom. The van der Waals surface area contributed by atoms with Gasteiger partial charge in [0.15, 0.2) is 11.5 Å². The third-order valence-electron chi connectivity index (χ3n) is 1.51. The Hall–Kier alpha value is -1.34. The van der Waals surface area contributed by atoms with Gasteiger partial charge in [-0.3, -0.25) is 0 Å².